The predicted octanol–water partition coefficient (Wildman–Crippen LogP) is 1.91. The fourth-order valence-electron chi connectivity index (χ4n) is 2.39. The molecule has 0 spiro atoms. The van der Waals surface area contributed by atoms with Gasteiger partial charge in [0.25, 0.3) is 0 Å². The van der Waals surface area contributed by atoms with Crippen LogP contribution in [0.1, 0.15) is 12.0 Å². The first-order valence-electron chi connectivity index (χ1n) is 6.97. The second-order valence-electron chi connectivity index (χ2n) is 5.22. The molecule has 1 aliphatic rings. The summed E-state index contributed by atoms with van der Waals surface area (Å²) in [6.07, 6.45) is 1.65. The molecule has 0 unspecified atom stereocenters. The number of amides is 3. The zero-order valence-corrected chi connectivity index (χ0v) is 12.1. The minimum absolute atomic E-state index is 0.00408. The van der Waals surface area contributed by atoms with Gasteiger partial charge in [0, 0.05) is 24.7 Å². The normalized spacial score (nSPS) is 17.6. The zero-order valence-electron chi connectivity index (χ0n) is 12.1. The second-order valence-corrected chi connectivity index (χ2v) is 5.22. The van der Waals surface area contributed by atoms with E-state index in [2.05, 4.69) is 20.3 Å². The molecule has 1 aromatic carbocycles. The maximum atomic E-state index is 12.1. The molecule has 0 radical (unpaired) electrons. The number of aromatic nitrogens is 1. The Labute approximate surface area is 127 Å². The summed E-state index contributed by atoms with van der Waals surface area (Å²) in [6.45, 7) is 2.45. The van der Waals surface area contributed by atoms with E-state index in [0.29, 0.717) is 12.4 Å². The minimum Gasteiger partial charge on any atom is -0.363 e. The lowest BCUT2D eigenvalue weighted by Gasteiger charge is -2.17. The van der Waals surface area contributed by atoms with Crippen molar-refractivity contribution < 1.29 is 14.1 Å². The van der Waals surface area contributed by atoms with Crippen LogP contribution in [0.4, 0.5) is 16.3 Å². The van der Waals surface area contributed by atoms with Gasteiger partial charge in [-0.15, -0.1) is 0 Å². The maximum Gasteiger partial charge on any atom is 0.320 e. The van der Waals surface area contributed by atoms with Crippen molar-refractivity contribution in [2.24, 2.45) is 0 Å². The molecule has 3 amide bonds. The first-order valence-corrected chi connectivity index (χ1v) is 6.97. The Balaban J connectivity index is 1.59. The van der Waals surface area contributed by atoms with Crippen molar-refractivity contribution in [2.75, 3.05) is 16.8 Å². The van der Waals surface area contributed by atoms with Crippen molar-refractivity contribution >= 4 is 23.4 Å². The highest BCUT2D eigenvalue weighted by Gasteiger charge is 2.31. The summed E-state index contributed by atoms with van der Waals surface area (Å²) in [6, 6.07) is 8.63. The van der Waals surface area contributed by atoms with Gasteiger partial charge in [-0.05, 0) is 19.1 Å². The van der Waals surface area contributed by atoms with Crippen molar-refractivity contribution in [3.05, 3.63) is 42.2 Å². The molecule has 2 aromatic rings. The van der Waals surface area contributed by atoms with Crippen molar-refractivity contribution in [3.63, 3.8) is 0 Å². The van der Waals surface area contributed by atoms with Gasteiger partial charge in [-0.25, -0.2) is 4.79 Å². The molecular formula is C15H16N4O3. The minimum atomic E-state index is -0.405. The van der Waals surface area contributed by atoms with E-state index >= 15 is 0 Å². The summed E-state index contributed by atoms with van der Waals surface area (Å²) < 4.78 is 4.63. The largest absolute Gasteiger partial charge is 0.363 e. The molecule has 0 aliphatic carbocycles. The van der Waals surface area contributed by atoms with Crippen LogP contribution in [-0.2, 0) is 4.79 Å². The second kappa shape index (κ2) is 5.88. The van der Waals surface area contributed by atoms with Gasteiger partial charge in [-0.1, -0.05) is 22.9 Å². The number of carbonyl (C=O) groups is 2. The van der Waals surface area contributed by atoms with E-state index in [4.69, 9.17) is 0 Å². The van der Waals surface area contributed by atoms with Crippen molar-refractivity contribution in [2.45, 2.75) is 19.4 Å². The van der Waals surface area contributed by atoms with Gasteiger partial charge in [0.2, 0.25) is 5.91 Å². The van der Waals surface area contributed by atoms with Crippen LogP contribution in [-0.4, -0.2) is 29.7 Å². The molecule has 2 heterocycles. The number of hydrogen-bond donors (Lipinski definition) is 2. The van der Waals surface area contributed by atoms with Gasteiger partial charge in [-0.3, -0.25) is 10.1 Å². The molecule has 7 heteroatoms. The van der Waals surface area contributed by atoms with E-state index in [-0.39, 0.29) is 18.4 Å². The highest BCUT2D eigenvalue weighted by molar-refractivity contribution is 5.97. The Bertz CT molecular complexity index is 667. The summed E-state index contributed by atoms with van der Waals surface area (Å²) in [7, 11) is 0. The van der Waals surface area contributed by atoms with Crippen molar-refractivity contribution in [1.82, 2.24) is 10.5 Å². The highest BCUT2D eigenvalue weighted by Crippen LogP contribution is 2.22. The molecule has 1 aliphatic heterocycles. The first-order chi connectivity index (χ1) is 10.6. The zero-order chi connectivity index (χ0) is 15.5. The van der Waals surface area contributed by atoms with Crippen LogP contribution in [0.25, 0.3) is 0 Å². The molecule has 1 aromatic heterocycles. The maximum absolute atomic E-state index is 12.1. The molecule has 3 rings (SSSR count). The monoisotopic (exact) mass is 300 g/mol. The number of nitrogens with one attached hydrogen (secondary N) is 2. The Hall–Kier alpha value is -2.83. The fraction of sp³-hybridized carbons (Fsp3) is 0.267. The number of anilines is 2. The molecule has 0 bridgehead atoms. The van der Waals surface area contributed by atoms with Crippen molar-refractivity contribution in [3.8, 4) is 0 Å². The molecule has 7 nitrogen and oxygen atoms in total. The summed E-state index contributed by atoms with van der Waals surface area (Å²) >= 11 is 0. The summed E-state index contributed by atoms with van der Waals surface area (Å²) in [5.41, 5.74) is 1.98. The average molecular weight is 300 g/mol. The third kappa shape index (κ3) is 3.08. The molecule has 114 valence electrons. The van der Waals surface area contributed by atoms with E-state index < -0.39 is 6.03 Å². The number of rotatable bonds is 3. The quantitative estimate of drug-likeness (QED) is 0.906. The van der Waals surface area contributed by atoms with Crippen LogP contribution < -0.4 is 15.5 Å². The van der Waals surface area contributed by atoms with E-state index in [9.17, 15) is 9.59 Å². The van der Waals surface area contributed by atoms with Gasteiger partial charge >= 0.3 is 6.03 Å². The number of benzene rings is 1. The van der Waals surface area contributed by atoms with Crippen LogP contribution in [0.2, 0.25) is 0 Å². The molecule has 1 atom stereocenters. The summed E-state index contributed by atoms with van der Waals surface area (Å²) in [5.74, 6) is 0.327. The topological polar surface area (TPSA) is 87.5 Å². The molecule has 22 heavy (non-hydrogen) atoms. The van der Waals surface area contributed by atoms with E-state index in [1.165, 1.54) is 12.3 Å². The Morgan fingerprint density at radius 1 is 1.32 bits per heavy atom. The van der Waals surface area contributed by atoms with Crippen LogP contribution >= 0.6 is 0 Å². The molecule has 2 N–H and O–H groups in total. The van der Waals surface area contributed by atoms with Crippen LogP contribution in [0.5, 0.6) is 0 Å². The van der Waals surface area contributed by atoms with Gasteiger partial charge in [0.05, 0.1) is 6.04 Å². The van der Waals surface area contributed by atoms with Crippen LogP contribution in [0.3, 0.4) is 0 Å². The predicted molar refractivity (Wildman–Crippen MR) is 80.6 cm³/mol. The number of hydrogen-bond acceptors (Lipinski definition) is 4. The third-order valence-electron chi connectivity index (χ3n) is 3.49. The molecular weight excluding hydrogens is 284 g/mol. The molecule has 1 fully saturated rings. The smallest absolute Gasteiger partial charge is 0.320 e. The summed E-state index contributed by atoms with van der Waals surface area (Å²) in [5, 5.41) is 8.90. The van der Waals surface area contributed by atoms with Crippen molar-refractivity contribution in [1.29, 1.82) is 0 Å². The standard InChI is InChI=1S/C15H16N4O3/c1-10-2-4-12(5-3-10)19-9-11(8-14(19)20)16-15(21)17-13-6-7-22-18-13/h2-7,11H,8-9H2,1H3,(H2,16,17,18,21)/t11-/m1/s1. The summed E-state index contributed by atoms with van der Waals surface area (Å²) in [4.78, 5) is 25.6. The SMILES string of the molecule is Cc1ccc(N2C[C@H](NC(=O)Nc3ccon3)CC2=O)cc1. The highest BCUT2D eigenvalue weighted by atomic mass is 16.5. The third-order valence-corrected chi connectivity index (χ3v) is 3.49. The Morgan fingerprint density at radius 3 is 2.77 bits per heavy atom. The lowest BCUT2D eigenvalue weighted by Crippen LogP contribution is -2.39. The molecule has 0 saturated carbocycles. The number of nitrogens with zero attached hydrogens (tertiary/aromatic N) is 2. The fourth-order valence-corrected chi connectivity index (χ4v) is 2.39. The van der Waals surface area contributed by atoms with Crippen LogP contribution in [0.15, 0.2) is 41.1 Å². The van der Waals surface area contributed by atoms with Crippen LogP contribution in [0, 0.1) is 6.92 Å². The Kier molecular flexibility index (Phi) is 3.78. The lowest BCUT2D eigenvalue weighted by atomic mass is 10.2. The van der Waals surface area contributed by atoms with Gasteiger partial charge < -0.3 is 14.7 Å². The lowest BCUT2D eigenvalue weighted by molar-refractivity contribution is -0.117. The van der Waals surface area contributed by atoms with Gasteiger partial charge in [0.15, 0.2) is 5.82 Å². The van der Waals surface area contributed by atoms with E-state index in [1.807, 2.05) is 31.2 Å². The first kappa shape index (κ1) is 14.1. The van der Waals surface area contributed by atoms with Gasteiger partial charge in [0.1, 0.15) is 6.26 Å². The average Bonchev–Trinajstić information content (AvgIpc) is 3.10. The molecule has 1 saturated heterocycles. The Morgan fingerprint density at radius 2 is 2.09 bits per heavy atom. The van der Waals surface area contributed by atoms with E-state index in [1.54, 1.807) is 4.90 Å². The van der Waals surface area contributed by atoms with Gasteiger partial charge in [-0.2, -0.15) is 0 Å². The number of urea groups is 1. The van der Waals surface area contributed by atoms with E-state index in [0.717, 1.165) is 11.3 Å². The number of carbonyl (C=O) groups excluding carboxylic acids is 2. The number of aryl methyl sites for hydroxylation is 1.